The number of methoxy groups -OCH3 is 1. The van der Waals surface area contributed by atoms with Crippen LogP contribution in [0.25, 0.3) is 0 Å². The van der Waals surface area contributed by atoms with Crippen LogP contribution < -0.4 is 4.74 Å². The van der Waals surface area contributed by atoms with Gasteiger partial charge in [-0.15, -0.1) is 0 Å². The third-order valence-corrected chi connectivity index (χ3v) is 4.37. The monoisotopic (exact) mass is 332 g/mol. The van der Waals surface area contributed by atoms with E-state index in [9.17, 15) is 9.59 Å². The number of aryl methyl sites for hydroxylation is 2. The number of nitrogens with zero attached hydrogens (tertiary/aromatic N) is 2. The molecule has 5 nitrogen and oxygen atoms in total. The molecule has 2 amide bonds. The molecule has 1 aliphatic rings. The van der Waals surface area contributed by atoms with E-state index < -0.39 is 0 Å². The highest BCUT2D eigenvalue weighted by molar-refractivity contribution is 5.98. The molecule has 0 unspecified atom stereocenters. The van der Waals surface area contributed by atoms with Crippen molar-refractivity contribution in [3.63, 3.8) is 0 Å². The molecular weight excluding hydrogens is 304 g/mol. The summed E-state index contributed by atoms with van der Waals surface area (Å²) in [4.78, 5) is 29.0. The summed E-state index contributed by atoms with van der Waals surface area (Å²) in [6.07, 6.45) is 0. The number of hydrogen-bond acceptors (Lipinski definition) is 3. The molecule has 1 aromatic rings. The van der Waals surface area contributed by atoms with Crippen LogP contribution in [0.2, 0.25) is 0 Å². The van der Waals surface area contributed by atoms with Crippen LogP contribution in [0, 0.1) is 19.3 Å². The number of carbonyl (C=O) groups is 2. The number of amides is 2. The van der Waals surface area contributed by atoms with E-state index >= 15 is 0 Å². The molecule has 0 spiro atoms. The van der Waals surface area contributed by atoms with Gasteiger partial charge in [0.15, 0.2) is 0 Å². The van der Waals surface area contributed by atoms with Crippen LogP contribution in [0.1, 0.15) is 42.3 Å². The van der Waals surface area contributed by atoms with Crippen molar-refractivity contribution in [3.05, 3.63) is 28.8 Å². The van der Waals surface area contributed by atoms with Gasteiger partial charge in [0.1, 0.15) is 5.75 Å². The van der Waals surface area contributed by atoms with E-state index in [0.29, 0.717) is 37.5 Å². The minimum Gasteiger partial charge on any atom is -0.496 e. The van der Waals surface area contributed by atoms with E-state index in [2.05, 4.69) is 0 Å². The van der Waals surface area contributed by atoms with Crippen molar-refractivity contribution in [2.75, 3.05) is 33.3 Å². The van der Waals surface area contributed by atoms with Gasteiger partial charge in [0.05, 0.1) is 12.7 Å². The van der Waals surface area contributed by atoms with E-state index in [1.165, 1.54) is 0 Å². The summed E-state index contributed by atoms with van der Waals surface area (Å²) in [5.41, 5.74) is 2.23. The number of benzene rings is 1. The lowest BCUT2D eigenvalue weighted by molar-refractivity contribution is -0.140. The smallest absolute Gasteiger partial charge is 0.258 e. The maximum Gasteiger partial charge on any atom is 0.258 e. The van der Waals surface area contributed by atoms with Crippen LogP contribution in [-0.4, -0.2) is 54.9 Å². The first kappa shape index (κ1) is 18.3. The number of ether oxygens (including phenoxy) is 1. The lowest BCUT2D eigenvalue weighted by Crippen LogP contribution is -2.53. The van der Waals surface area contributed by atoms with Gasteiger partial charge in [-0.25, -0.2) is 0 Å². The molecule has 5 heteroatoms. The Kier molecular flexibility index (Phi) is 5.21. The summed E-state index contributed by atoms with van der Waals surface area (Å²) in [5, 5.41) is 0. The SMILES string of the molecule is COc1cc(C)cc(C)c1C(=O)N1CCN(C(=O)C(C)(C)C)CC1. The van der Waals surface area contributed by atoms with Gasteiger partial charge in [-0.1, -0.05) is 26.8 Å². The predicted molar refractivity (Wildman–Crippen MR) is 94.4 cm³/mol. The highest BCUT2D eigenvalue weighted by Gasteiger charge is 2.32. The quantitative estimate of drug-likeness (QED) is 0.836. The molecule has 1 saturated heterocycles. The normalized spacial score (nSPS) is 15.4. The molecule has 1 fully saturated rings. The lowest BCUT2D eigenvalue weighted by atomic mass is 9.94. The maximum absolute atomic E-state index is 12.9. The molecule has 0 aliphatic carbocycles. The van der Waals surface area contributed by atoms with Crippen molar-refractivity contribution in [1.82, 2.24) is 9.80 Å². The van der Waals surface area contributed by atoms with Crippen molar-refractivity contribution in [2.45, 2.75) is 34.6 Å². The Labute approximate surface area is 144 Å². The van der Waals surface area contributed by atoms with Gasteiger partial charge in [0.2, 0.25) is 5.91 Å². The molecule has 1 heterocycles. The van der Waals surface area contributed by atoms with Gasteiger partial charge in [-0.05, 0) is 31.0 Å². The fourth-order valence-electron chi connectivity index (χ4n) is 3.11. The van der Waals surface area contributed by atoms with E-state index in [-0.39, 0.29) is 17.2 Å². The summed E-state index contributed by atoms with van der Waals surface area (Å²) in [6, 6.07) is 3.88. The minimum absolute atomic E-state index is 0.0211. The van der Waals surface area contributed by atoms with E-state index in [1.807, 2.05) is 56.6 Å². The zero-order chi connectivity index (χ0) is 18.1. The van der Waals surface area contributed by atoms with Gasteiger partial charge in [-0.3, -0.25) is 9.59 Å². The fourth-order valence-corrected chi connectivity index (χ4v) is 3.11. The molecule has 1 aliphatic heterocycles. The van der Waals surface area contributed by atoms with Crippen molar-refractivity contribution in [2.24, 2.45) is 5.41 Å². The van der Waals surface area contributed by atoms with E-state index in [4.69, 9.17) is 4.74 Å². The van der Waals surface area contributed by atoms with Crippen LogP contribution in [-0.2, 0) is 4.79 Å². The zero-order valence-corrected chi connectivity index (χ0v) is 15.6. The largest absolute Gasteiger partial charge is 0.496 e. The summed E-state index contributed by atoms with van der Waals surface area (Å²) in [7, 11) is 1.59. The highest BCUT2D eigenvalue weighted by atomic mass is 16.5. The molecule has 0 N–H and O–H groups in total. The van der Waals surface area contributed by atoms with Crippen molar-refractivity contribution >= 4 is 11.8 Å². The highest BCUT2D eigenvalue weighted by Crippen LogP contribution is 2.26. The van der Waals surface area contributed by atoms with Gasteiger partial charge < -0.3 is 14.5 Å². The molecule has 132 valence electrons. The molecule has 0 bridgehead atoms. The third kappa shape index (κ3) is 3.71. The Bertz CT molecular complexity index is 639. The van der Waals surface area contributed by atoms with Gasteiger partial charge in [-0.2, -0.15) is 0 Å². The number of rotatable bonds is 2. The summed E-state index contributed by atoms with van der Waals surface area (Å²) >= 11 is 0. The molecule has 0 aromatic heterocycles. The number of carbonyl (C=O) groups excluding carboxylic acids is 2. The van der Waals surface area contributed by atoms with Crippen LogP contribution in [0.4, 0.5) is 0 Å². The van der Waals surface area contributed by atoms with E-state index in [0.717, 1.165) is 11.1 Å². The molecule has 24 heavy (non-hydrogen) atoms. The molecule has 0 radical (unpaired) electrons. The predicted octanol–water partition coefficient (Wildman–Crippen LogP) is 2.64. The number of piperazine rings is 1. The summed E-state index contributed by atoms with van der Waals surface area (Å²) in [5.74, 6) is 0.733. The first-order valence-corrected chi connectivity index (χ1v) is 8.39. The Morgan fingerprint density at radius 2 is 1.54 bits per heavy atom. The van der Waals surface area contributed by atoms with Crippen LogP contribution in [0.15, 0.2) is 12.1 Å². The maximum atomic E-state index is 12.9. The van der Waals surface area contributed by atoms with Crippen molar-refractivity contribution in [1.29, 1.82) is 0 Å². The van der Waals surface area contributed by atoms with Gasteiger partial charge in [0.25, 0.3) is 5.91 Å². The summed E-state index contributed by atoms with van der Waals surface area (Å²) in [6.45, 7) is 12.0. The Morgan fingerprint density at radius 3 is 2.04 bits per heavy atom. The van der Waals surface area contributed by atoms with Gasteiger partial charge in [0, 0.05) is 31.6 Å². The minimum atomic E-state index is -0.386. The van der Waals surface area contributed by atoms with Crippen LogP contribution in [0.3, 0.4) is 0 Å². The summed E-state index contributed by atoms with van der Waals surface area (Å²) < 4.78 is 5.41. The van der Waals surface area contributed by atoms with Crippen molar-refractivity contribution < 1.29 is 14.3 Å². The first-order chi connectivity index (χ1) is 11.1. The van der Waals surface area contributed by atoms with Crippen molar-refractivity contribution in [3.8, 4) is 5.75 Å². The van der Waals surface area contributed by atoms with E-state index in [1.54, 1.807) is 7.11 Å². The second-order valence-electron chi connectivity index (χ2n) is 7.49. The first-order valence-electron chi connectivity index (χ1n) is 8.39. The standard InChI is InChI=1S/C19H28N2O3/c1-13-11-14(2)16(15(12-13)24-6)17(22)20-7-9-21(10-8-20)18(23)19(3,4)5/h11-12H,7-10H2,1-6H3. The Balaban J connectivity index is 2.13. The molecule has 0 saturated carbocycles. The Morgan fingerprint density at radius 1 is 1.00 bits per heavy atom. The topological polar surface area (TPSA) is 49.9 Å². The average molecular weight is 332 g/mol. The van der Waals surface area contributed by atoms with Crippen LogP contribution >= 0.6 is 0 Å². The molecular formula is C19H28N2O3. The number of hydrogen-bond donors (Lipinski definition) is 0. The molecule has 1 aromatic carbocycles. The molecule has 0 atom stereocenters. The second-order valence-corrected chi connectivity index (χ2v) is 7.49. The van der Waals surface area contributed by atoms with Crippen LogP contribution in [0.5, 0.6) is 5.75 Å². The lowest BCUT2D eigenvalue weighted by Gasteiger charge is -2.38. The second kappa shape index (κ2) is 6.83. The zero-order valence-electron chi connectivity index (χ0n) is 15.6. The van der Waals surface area contributed by atoms with Gasteiger partial charge >= 0.3 is 0 Å². The third-order valence-electron chi connectivity index (χ3n) is 4.37. The molecule has 2 rings (SSSR count). The fraction of sp³-hybridized carbons (Fsp3) is 0.579. The average Bonchev–Trinajstić information content (AvgIpc) is 2.52. The Hall–Kier alpha value is -2.04.